The Morgan fingerprint density at radius 3 is 2.47 bits per heavy atom. The summed E-state index contributed by atoms with van der Waals surface area (Å²) < 4.78 is 0. The van der Waals surface area contributed by atoms with Crippen LogP contribution in [0.15, 0.2) is 23.0 Å². The molecule has 0 atom stereocenters. The lowest BCUT2D eigenvalue weighted by Gasteiger charge is -2.33. The van der Waals surface area contributed by atoms with Gasteiger partial charge in [0.25, 0.3) is 17.4 Å². The maximum Gasteiger partial charge on any atom is 0.267 e. The molecule has 0 spiro atoms. The second-order valence-corrected chi connectivity index (χ2v) is 8.91. The molecule has 1 aromatic heterocycles. The molecule has 3 rings (SSSR count). The molecule has 0 aliphatic heterocycles. The maximum absolute atomic E-state index is 12.8. The Balaban J connectivity index is 1.92. The van der Waals surface area contributed by atoms with Crippen molar-refractivity contribution in [1.82, 2.24) is 14.9 Å². The van der Waals surface area contributed by atoms with Gasteiger partial charge in [0, 0.05) is 36.4 Å². The second-order valence-electron chi connectivity index (χ2n) is 8.91. The first-order chi connectivity index (χ1) is 16.2. The highest BCUT2D eigenvalue weighted by Gasteiger charge is 2.27. The minimum Gasteiger partial charge on any atom is -0.365 e. The van der Waals surface area contributed by atoms with Crippen LogP contribution in [0.2, 0.25) is 0 Å². The van der Waals surface area contributed by atoms with Crippen molar-refractivity contribution in [1.29, 1.82) is 0 Å². The van der Waals surface area contributed by atoms with E-state index in [9.17, 15) is 14.4 Å². The topological polar surface area (TPSA) is 159 Å². The van der Waals surface area contributed by atoms with Crippen molar-refractivity contribution in [2.45, 2.75) is 58.4 Å². The summed E-state index contributed by atoms with van der Waals surface area (Å²) in [6, 6.07) is 5.24. The second kappa shape index (κ2) is 10.7. The minimum atomic E-state index is -0.904. The number of carbonyl (C=O) groups is 2. The molecule has 34 heavy (non-hydrogen) atoms. The molecule has 10 nitrogen and oxygen atoms in total. The largest absolute Gasteiger partial charge is 0.365 e. The lowest BCUT2D eigenvalue weighted by Crippen LogP contribution is -2.48. The van der Waals surface area contributed by atoms with Gasteiger partial charge in [0.15, 0.2) is 5.82 Å². The molecule has 1 aliphatic rings. The van der Waals surface area contributed by atoms with Gasteiger partial charge in [0.05, 0.1) is 0 Å². The minimum absolute atomic E-state index is 0.0176. The summed E-state index contributed by atoms with van der Waals surface area (Å²) in [6.07, 6.45) is 5.09. The van der Waals surface area contributed by atoms with Crippen molar-refractivity contribution in [3.63, 3.8) is 0 Å². The molecular weight excluding hydrogens is 434 g/mol. The number of aryl methyl sites for hydroxylation is 1. The molecule has 1 aromatic carbocycles. The highest BCUT2D eigenvalue weighted by molar-refractivity contribution is 5.99. The van der Waals surface area contributed by atoms with Crippen molar-refractivity contribution in [3.8, 4) is 0 Å². The maximum atomic E-state index is 12.8. The van der Waals surface area contributed by atoms with Gasteiger partial charge in [-0.2, -0.15) is 4.98 Å². The van der Waals surface area contributed by atoms with E-state index >= 15 is 0 Å². The quantitative estimate of drug-likeness (QED) is 0.377. The molecule has 0 unspecified atom stereocenters. The molecule has 2 amide bonds. The third-order valence-electron chi connectivity index (χ3n) is 6.41. The van der Waals surface area contributed by atoms with Gasteiger partial charge < -0.3 is 27.0 Å². The van der Waals surface area contributed by atoms with Gasteiger partial charge in [0.2, 0.25) is 5.95 Å². The molecule has 0 radical (unpaired) electrons. The highest BCUT2D eigenvalue weighted by atomic mass is 16.2. The Labute approximate surface area is 199 Å². The Kier molecular flexibility index (Phi) is 7.93. The number of anilines is 3. The van der Waals surface area contributed by atoms with E-state index in [4.69, 9.17) is 11.5 Å². The Morgan fingerprint density at radius 2 is 1.85 bits per heavy atom. The fourth-order valence-corrected chi connectivity index (χ4v) is 4.28. The van der Waals surface area contributed by atoms with E-state index in [-0.39, 0.29) is 28.8 Å². The number of hydrogen-bond acceptors (Lipinski definition) is 7. The number of hydrogen-bond donors (Lipinski definition) is 5. The summed E-state index contributed by atoms with van der Waals surface area (Å²) in [7, 11) is 0. The third kappa shape index (κ3) is 5.74. The average molecular weight is 470 g/mol. The van der Waals surface area contributed by atoms with Gasteiger partial charge in [-0.05, 0) is 51.3 Å². The fraction of sp³-hybridized carbons (Fsp3) is 0.500. The van der Waals surface area contributed by atoms with Gasteiger partial charge in [-0.25, -0.2) is 0 Å². The zero-order valence-electron chi connectivity index (χ0n) is 20.2. The smallest absolute Gasteiger partial charge is 0.267 e. The van der Waals surface area contributed by atoms with Crippen molar-refractivity contribution in [3.05, 3.63) is 45.2 Å². The average Bonchev–Trinajstić information content (AvgIpc) is 2.80. The van der Waals surface area contributed by atoms with Crippen LogP contribution in [0.5, 0.6) is 0 Å². The number of aromatic nitrogens is 2. The number of nitrogens with zero attached hydrogens (tertiary/aromatic N) is 2. The molecule has 7 N–H and O–H groups in total. The number of rotatable bonds is 9. The van der Waals surface area contributed by atoms with Crippen molar-refractivity contribution in [2.24, 2.45) is 11.5 Å². The van der Waals surface area contributed by atoms with Crippen LogP contribution in [0, 0.1) is 6.92 Å². The predicted octanol–water partition coefficient (Wildman–Crippen LogP) is 2.48. The van der Waals surface area contributed by atoms with Crippen molar-refractivity contribution < 1.29 is 9.59 Å². The number of carbonyl (C=O) groups excluding carboxylic acids is 2. The number of primary amides is 1. The van der Waals surface area contributed by atoms with Crippen molar-refractivity contribution >= 4 is 29.3 Å². The lowest BCUT2D eigenvalue weighted by atomic mass is 9.82. The summed E-state index contributed by atoms with van der Waals surface area (Å²) in [4.78, 5) is 46.2. The number of H-pyrrole nitrogens is 1. The third-order valence-corrected chi connectivity index (χ3v) is 6.41. The number of nitrogens with two attached hydrogens (primary N) is 2. The molecule has 10 heteroatoms. The lowest BCUT2D eigenvalue weighted by molar-refractivity contribution is 0.0772. The standard InChI is InChI=1S/C24H35N7O3/c1-4-31(5-2)22(34)16-10-9-15(3)17(13-16)28-20-18(19(25)32)21(33)30-23(29-20)27-14-24(26)11-7-6-8-12-24/h9-10,13H,4-8,11-12,14,26H2,1-3H3,(H2,25,32)(H3,27,28,29,30,33). The summed E-state index contributed by atoms with van der Waals surface area (Å²) in [5.74, 6) is -0.798. The van der Waals surface area contributed by atoms with E-state index in [1.807, 2.05) is 20.8 Å². The van der Waals surface area contributed by atoms with Crippen LogP contribution in [0.3, 0.4) is 0 Å². The zero-order chi connectivity index (χ0) is 24.9. The van der Waals surface area contributed by atoms with Crippen LogP contribution in [-0.4, -0.2) is 51.9 Å². The van der Waals surface area contributed by atoms with Gasteiger partial charge in [-0.1, -0.05) is 25.3 Å². The van der Waals surface area contributed by atoms with Crippen LogP contribution < -0.4 is 27.7 Å². The van der Waals surface area contributed by atoms with Crippen LogP contribution in [0.25, 0.3) is 0 Å². The highest BCUT2D eigenvalue weighted by Crippen LogP contribution is 2.27. The first-order valence-electron chi connectivity index (χ1n) is 11.8. The number of aromatic amines is 1. The first kappa shape index (κ1) is 25.2. The van der Waals surface area contributed by atoms with E-state index in [0.717, 1.165) is 31.2 Å². The van der Waals surface area contributed by atoms with E-state index in [0.29, 0.717) is 30.9 Å². The monoisotopic (exact) mass is 469 g/mol. The molecule has 1 aliphatic carbocycles. The molecule has 1 fully saturated rings. The molecule has 0 saturated heterocycles. The number of benzene rings is 1. The Hall–Kier alpha value is -3.40. The number of nitrogens with one attached hydrogen (secondary N) is 3. The summed E-state index contributed by atoms with van der Waals surface area (Å²) in [5.41, 5.74) is 12.5. The zero-order valence-corrected chi connectivity index (χ0v) is 20.2. The summed E-state index contributed by atoms with van der Waals surface area (Å²) >= 11 is 0. The Morgan fingerprint density at radius 1 is 1.18 bits per heavy atom. The molecule has 1 heterocycles. The van der Waals surface area contributed by atoms with Crippen LogP contribution in [-0.2, 0) is 0 Å². The van der Waals surface area contributed by atoms with Gasteiger partial charge in [-0.15, -0.1) is 0 Å². The van der Waals surface area contributed by atoms with Gasteiger partial charge in [0.1, 0.15) is 5.56 Å². The Bertz CT molecular complexity index is 1100. The molecule has 184 valence electrons. The van der Waals surface area contributed by atoms with Gasteiger partial charge in [-0.3, -0.25) is 19.4 Å². The molecule has 2 aromatic rings. The van der Waals surface area contributed by atoms with E-state index in [1.54, 1.807) is 23.1 Å². The predicted molar refractivity (Wildman–Crippen MR) is 134 cm³/mol. The van der Waals surface area contributed by atoms with E-state index in [2.05, 4.69) is 20.6 Å². The van der Waals surface area contributed by atoms with Crippen molar-refractivity contribution in [2.75, 3.05) is 30.3 Å². The van der Waals surface area contributed by atoms with Gasteiger partial charge >= 0.3 is 0 Å². The number of amides is 2. The normalized spacial score (nSPS) is 14.9. The summed E-state index contributed by atoms with van der Waals surface area (Å²) in [6.45, 7) is 7.31. The fourth-order valence-electron chi connectivity index (χ4n) is 4.28. The summed E-state index contributed by atoms with van der Waals surface area (Å²) in [5, 5.41) is 6.16. The molecular formula is C24H35N7O3. The van der Waals surface area contributed by atoms with E-state index in [1.165, 1.54) is 6.42 Å². The van der Waals surface area contributed by atoms with E-state index < -0.39 is 11.5 Å². The molecule has 0 bridgehead atoms. The van der Waals surface area contributed by atoms with Crippen LogP contribution in [0.4, 0.5) is 17.5 Å². The van der Waals surface area contributed by atoms with Crippen LogP contribution >= 0.6 is 0 Å². The molecule has 1 saturated carbocycles. The first-order valence-corrected chi connectivity index (χ1v) is 11.8. The van der Waals surface area contributed by atoms with Crippen LogP contribution in [0.1, 0.15) is 72.2 Å². The SMILES string of the molecule is CCN(CC)C(=O)c1ccc(C)c(Nc2nc(NCC3(N)CCCCC3)[nH]c(=O)c2C(N)=O)c1.